The molecule has 2 aliphatic heterocycles. The largest absolute Gasteiger partial charge is 0.493 e. The molecule has 29 heavy (non-hydrogen) atoms. The van der Waals surface area contributed by atoms with Crippen molar-refractivity contribution in [3.05, 3.63) is 35.4 Å². The lowest BCUT2D eigenvalue weighted by Gasteiger charge is -2.52. The molecule has 0 bridgehead atoms. The van der Waals surface area contributed by atoms with Crippen molar-refractivity contribution in [3.63, 3.8) is 0 Å². The molecule has 1 amide bonds. The number of ether oxygens (including phenoxy) is 3. The van der Waals surface area contributed by atoms with Gasteiger partial charge >= 0.3 is 6.09 Å². The number of carbonyl (C=O) groups is 1. The van der Waals surface area contributed by atoms with E-state index in [4.69, 9.17) is 25.8 Å². The summed E-state index contributed by atoms with van der Waals surface area (Å²) in [7, 11) is 1.68. The molecule has 5 atom stereocenters. The zero-order valence-electron chi connectivity index (χ0n) is 16.7. The predicted molar refractivity (Wildman–Crippen MR) is 109 cm³/mol. The van der Waals surface area contributed by atoms with Crippen molar-refractivity contribution in [1.29, 1.82) is 0 Å². The van der Waals surface area contributed by atoms with Crippen LogP contribution >= 0.6 is 11.6 Å². The smallest absolute Gasteiger partial charge is 0.410 e. The number of methoxy groups -OCH3 is 1. The van der Waals surface area contributed by atoms with Gasteiger partial charge in [0.25, 0.3) is 0 Å². The van der Waals surface area contributed by atoms with Crippen LogP contribution in [0.2, 0.25) is 0 Å². The molecule has 5 aliphatic rings. The third-order valence-electron chi connectivity index (χ3n) is 7.85. The van der Waals surface area contributed by atoms with Crippen LogP contribution in [0.4, 0.5) is 4.79 Å². The molecule has 1 saturated heterocycles. The Labute approximate surface area is 175 Å². The minimum Gasteiger partial charge on any atom is -0.493 e. The molecular weight excluding hydrogens is 390 g/mol. The molecule has 154 valence electrons. The highest BCUT2D eigenvalue weighted by atomic mass is 35.5. The Bertz CT molecular complexity index is 912. The van der Waals surface area contributed by atoms with Gasteiger partial charge in [-0.3, -0.25) is 4.90 Å². The predicted octanol–water partition coefficient (Wildman–Crippen LogP) is 4.57. The molecule has 1 aromatic carbocycles. The maximum atomic E-state index is 12.9. The first kappa shape index (κ1) is 17.9. The van der Waals surface area contributed by atoms with Crippen molar-refractivity contribution in [2.75, 3.05) is 19.5 Å². The number of halogens is 1. The van der Waals surface area contributed by atoms with Gasteiger partial charge in [0.2, 0.25) is 0 Å². The van der Waals surface area contributed by atoms with Crippen LogP contribution in [0.3, 0.4) is 0 Å². The molecule has 0 radical (unpaired) electrons. The number of amides is 1. The Kier molecular flexibility index (Phi) is 3.75. The van der Waals surface area contributed by atoms with Crippen LogP contribution in [0.25, 0.3) is 0 Å². The van der Waals surface area contributed by atoms with E-state index < -0.39 is 0 Å². The molecule has 3 aliphatic carbocycles. The van der Waals surface area contributed by atoms with E-state index >= 15 is 0 Å². The molecule has 0 N–H and O–H groups in total. The van der Waals surface area contributed by atoms with E-state index in [0.717, 1.165) is 48.4 Å². The second-order valence-electron chi connectivity index (χ2n) is 9.23. The van der Waals surface area contributed by atoms with Gasteiger partial charge in [-0.25, -0.2) is 4.79 Å². The van der Waals surface area contributed by atoms with Crippen molar-refractivity contribution in [2.24, 2.45) is 11.8 Å². The van der Waals surface area contributed by atoms with Crippen LogP contribution in [0.1, 0.15) is 49.3 Å². The summed E-state index contributed by atoms with van der Waals surface area (Å²) in [5.41, 5.74) is 3.14. The Morgan fingerprint density at radius 3 is 2.86 bits per heavy atom. The summed E-state index contributed by atoms with van der Waals surface area (Å²) < 4.78 is 18.3. The van der Waals surface area contributed by atoms with Gasteiger partial charge in [0.05, 0.1) is 13.2 Å². The minimum absolute atomic E-state index is 0.0510. The van der Waals surface area contributed by atoms with Gasteiger partial charge < -0.3 is 14.2 Å². The molecule has 2 heterocycles. The zero-order valence-corrected chi connectivity index (χ0v) is 17.4. The summed E-state index contributed by atoms with van der Waals surface area (Å²) in [5, 5.41) is 0. The van der Waals surface area contributed by atoms with E-state index in [1.54, 1.807) is 7.11 Å². The number of fused-ring (bicyclic) bond motifs is 3. The van der Waals surface area contributed by atoms with E-state index in [2.05, 4.69) is 12.6 Å². The van der Waals surface area contributed by atoms with E-state index in [1.807, 2.05) is 11.0 Å². The fourth-order valence-electron chi connectivity index (χ4n) is 6.50. The average Bonchev–Trinajstić information content (AvgIpc) is 3.38. The second kappa shape index (κ2) is 6.07. The number of rotatable bonds is 5. The van der Waals surface area contributed by atoms with Crippen LogP contribution in [0.5, 0.6) is 11.5 Å². The van der Waals surface area contributed by atoms with Crippen LogP contribution in [-0.2, 0) is 10.2 Å². The number of hydrogen-bond acceptors (Lipinski definition) is 4. The Balaban J connectivity index is 1.59. The first-order chi connectivity index (χ1) is 14.1. The normalized spacial score (nSPS) is 36.4. The van der Waals surface area contributed by atoms with Crippen LogP contribution in [0.15, 0.2) is 24.3 Å². The Morgan fingerprint density at radius 1 is 1.31 bits per heavy atom. The lowest BCUT2D eigenvalue weighted by Crippen LogP contribution is -2.57. The van der Waals surface area contributed by atoms with Crippen LogP contribution in [-0.4, -0.2) is 42.7 Å². The minimum atomic E-state index is -0.298. The molecule has 5 nitrogen and oxygen atoms in total. The highest BCUT2D eigenvalue weighted by Crippen LogP contribution is 2.66. The molecule has 2 unspecified atom stereocenters. The first-order valence-corrected chi connectivity index (χ1v) is 11.2. The van der Waals surface area contributed by atoms with Crippen LogP contribution < -0.4 is 9.47 Å². The van der Waals surface area contributed by atoms with Gasteiger partial charge in [-0.05, 0) is 55.2 Å². The third kappa shape index (κ3) is 2.20. The fourth-order valence-corrected chi connectivity index (χ4v) is 6.82. The quantitative estimate of drug-likeness (QED) is 0.522. The molecule has 2 saturated carbocycles. The summed E-state index contributed by atoms with van der Waals surface area (Å²) in [4.78, 5) is 14.9. The van der Waals surface area contributed by atoms with Gasteiger partial charge in [-0.15, -0.1) is 11.6 Å². The lowest BCUT2D eigenvalue weighted by atomic mass is 9.53. The third-order valence-corrected chi connectivity index (χ3v) is 8.03. The monoisotopic (exact) mass is 415 g/mol. The van der Waals surface area contributed by atoms with Crippen molar-refractivity contribution >= 4 is 17.7 Å². The van der Waals surface area contributed by atoms with E-state index in [1.165, 1.54) is 18.4 Å². The number of carbonyl (C=O) groups excluding carboxylic acids is 1. The number of nitrogens with zero attached hydrogens (tertiary/aromatic N) is 1. The van der Waals surface area contributed by atoms with E-state index in [-0.39, 0.29) is 35.7 Å². The number of hydrogen-bond donors (Lipinski definition) is 0. The summed E-state index contributed by atoms with van der Waals surface area (Å²) >= 11 is 6.37. The summed E-state index contributed by atoms with van der Waals surface area (Å²) in [6.07, 6.45) is 4.54. The lowest BCUT2D eigenvalue weighted by molar-refractivity contribution is -0.0101. The maximum absolute atomic E-state index is 12.9. The molecule has 3 fully saturated rings. The second-order valence-corrected chi connectivity index (χ2v) is 9.61. The van der Waals surface area contributed by atoms with Crippen molar-refractivity contribution in [3.8, 4) is 11.5 Å². The summed E-state index contributed by atoms with van der Waals surface area (Å²) in [5.74, 6) is 2.87. The molecule has 6 rings (SSSR count). The molecule has 0 spiro atoms. The van der Waals surface area contributed by atoms with Crippen molar-refractivity contribution in [1.82, 2.24) is 4.90 Å². The fraction of sp³-hybridized carbons (Fsp3) is 0.609. The van der Waals surface area contributed by atoms with Gasteiger partial charge in [-0.2, -0.15) is 0 Å². The van der Waals surface area contributed by atoms with Gasteiger partial charge in [0, 0.05) is 29.3 Å². The Morgan fingerprint density at radius 2 is 2.14 bits per heavy atom. The van der Waals surface area contributed by atoms with Crippen molar-refractivity contribution < 1.29 is 19.0 Å². The van der Waals surface area contributed by atoms with Crippen molar-refractivity contribution in [2.45, 2.75) is 55.8 Å². The van der Waals surface area contributed by atoms with Gasteiger partial charge in [0.15, 0.2) is 11.5 Å². The average molecular weight is 416 g/mol. The number of alkyl halides is 1. The molecule has 6 heteroatoms. The van der Waals surface area contributed by atoms with Gasteiger partial charge in [0.1, 0.15) is 12.2 Å². The topological polar surface area (TPSA) is 48.0 Å². The maximum Gasteiger partial charge on any atom is 0.410 e. The first-order valence-electron chi connectivity index (χ1n) is 10.7. The van der Waals surface area contributed by atoms with E-state index in [0.29, 0.717) is 11.8 Å². The molecule has 1 aromatic rings. The number of benzene rings is 1. The summed E-state index contributed by atoms with van der Waals surface area (Å²) in [6.45, 7) is 5.13. The van der Waals surface area contributed by atoms with Gasteiger partial charge in [-0.1, -0.05) is 12.6 Å². The highest BCUT2D eigenvalue weighted by molar-refractivity contribution is 6.17. The van der Waals surface area contributed by atoms with Crippen LogP contribution in [0, 0.1) is 11.8 Å². The standard InChI is InChI=1S/C23H26ClNO4/c1-12-3-7-15-19-18(25(22(26)29-19)11-13-4-5-13)14-6-8-16(27-2)20-17(14)23(15,9-10-24)21(12)28-20/h6,8,13,15,18-19,21H,1,3-5,7,9-11H2,2H3/t15-,18?,19?,21-,23-/m0/s1. The highest BCUT2D eigenvalue weighted by Gasteiger charge is 2.67. The molecule has 0 aromatic heterocycles. The van der Waals surface area contributed by atoms with E-state index in [9.17, 15) is 4.79 Å². The summed E-state index contributed by atoms with van der Waals surface area (Å²) in [6, 6.07) is 4.04. The Hall–Kier alpha value is -1.88. The molecular formula is C23H26ClNO4. The zero-order chi connectivity index (χ0) is 19.9. The SMILES string of the molecule is C=C1CC[C@H]2C3OC(=O)N(CC4CC4)C3c3ccc(OC)c4c3[C@@]2(CCCl)[C@H]1O4.